The van der Waals surface area contributed by atoms with Crippen molar-refractivity contribution in [3.8, 4) is 11.8 Å². The average molecular weight is 306 g/mol. The molecule has 2 aromatic rings. The first-order chi connectivity index (χ1) is 11.0. The Balaban J connectivity index is 2.20. The molecule has 1 aliphatic rings. The summed E-state index contributed by atoms with van der Waals surface area (Å²) in [6, 6.07) is 10.4. The molecule has 6 nitrogen and oxygen atoms in total. The van der Waals surface area contributed by atoms with Gasteiger partial charge >= 0.3 is 0 Å². The number of Topliss-reactive ketones (excluding diaryl/α,β-unsaturated/α-hetero) is 1. The molecule has 0 atom stereocenters. The van der Waals surface area contributed by atoms with E-state index in [2.05, 4.69) is 0 Å². The minimum atomic E-state index is -0.572. The summed E-state index contributed by atoms with van der Waals surface area (Å²) >= 11 is 0. The molecule has 23 heavy (non-hydrogen) atoms. The molecule has 0 radical (unpaired) electrons. The predicted octanol–water partition coefficient (Wildman–Crippen LogP) is 2.27. The van der Waals surface area contributed by atoms with Crippen molar-refractivity contribution < 1.29 is 19.5 Å². The maximum atomic E-state index is 12.5. The predicted molar refractivity (Wildman–Crippen MR) is 80.4 cm³/mol. The molecular weight excluding hydrogens is 296 g/mol. The number of ketones is 1. The van der Waals surface area contributed by atoms with Gasteiger partial charge in [0.15, 0.2) is 5.78 Å². The first-order valence-corrected chi connectivity index (χ1v) is 6.71. The van der Waals surface area contributed by atoms with Crippen LogP contribution in [0.2, 0.25) is 0 Å². The number of benzene rings is 2. The van der Waals surface area contributed by atoms with Gasteiger partial charge in [-0.2, -0.15) is 5.26 Å². The van der Waals surface area contributed by atoms with Crippen molar-refractivity contribution in [2.24, 2.45) is 0 Å². The lowest BCUT2D eigenvalue weighted by molar-refractivity contribution is 0.0925. The van der Waals surface area contributed by atoms with Gasteiger partial charge in [-0.15, -0.1) is 0 Å². The molecule has 0 saturated heterocycles. The monoisotopic (exact) mass is 306 g/mol. The molecule has 1 heterocycles. The Hall–Kier alpha value is -3.46. The highest BCUT2D eigenvalue weighted by Gasteiger charge is 2.38. The fraction of sp³-hybridized carbons (Fsp3) is 0.0588. The zero-order valence-electron chi connectivity index (χ0n) is 12.0. The van der Waals surface area contributed by atoms with Crippen LogP contribution in [0, 0.1) is 11.3 Å². The second kappa shape index (κ2) is 5.07. The molecule has 1 aliphatic heterocycles. The molecule has 112 valence electrons. The third-order valence-electron chi connectivity index (χ3n) is 3.65. The number of hydrogen-bond donors (Lipinski definition) is 1. The van der Waals surface area contributed by atoms with E-state index >= 15 is 0 Å². The van der Waals surface area contributed by atoms with Crippen LogP contribution in [0.4, 0.5) is 5.69 Å². The number of imide groups is 1. The van der Waals surface area contributed by atoms with Crippen LogP contribution in [-0.2, 0) is 0 Å². The quantitative estimate of drug-likeness (QED) is 0.678. The maximum Gasteiger partial charge on any atom is 0.266 e. The number of amides is 2. The van der Waals surface area contributed by atoms with E-state index in [1.807, 2.05) is 6.07 Å². The molecule has 3 rings (SSSR count). The summed E-state index contributed by atoms with van der Waals surface area (Å²) in [4.78, 5) is 37.2. The van der Waals surface area contributed by atoms with E-state index in [1.54, 1.807) is 12.1 Å². The van der Waals surface area contributed by atoms with E-state index in [4.69, 9.17) is 0 Å². The zero-order valence-corrected chi connectivity index (χ0v) is 12.0. The van der Waals surface area contributed by atoms with Crippen molar-refractivity contribution in [1.82, 2.24) is 0 Å². The number of nitriles is 1. The van der Waals surface area contributed by atoms with Gasteiger partial charge < -0.3 is 5.11 Å². The molecule has 2 aromatic carbocycles. The minimum absolute atomic E-state index is 0.0393. The molecule has 1 N–H and O–H groups in total. The topological polar surface area (TPSA) is 98.5 Å². The van der Waals surface area contributed by atoms with Gasteiger partial charge in [0.05, 0.1) is 27.9 Å². The molecule has 2 amide bonds. The second-order valence-electron chi connectivity index (χ2n) is 5.05. The van der Waals surface area contributed by atoms with Gasteiger partial charge in [-0.3, -0.25) is 14.4 Å². The standard InChI is InChI=1S/C17H10N2O4/c1-9(20)13-6-10(8-18)14(7-15(13)21)19-16(22)11-4-2-3-5-12(11)17(19)23/h2-7,21H,1H3. The van der Waals surface area contributed by atoms with Crippen molar-refractivity contribution in [3.05, 3.63) is 58.7 Å². The van der Waals surface area contributed by atoms with Gasteiger partial charge in [-0.1, -0.05) is 12.1 Å². The molecule has 6 heteroatoms. The first-order valence-electron chi connectivity index (χ1n) is 6.71. The van der Waals surface area contributed by atoms with E-state index in [1.165, 1.54) is 25.1 Å². The van der Waals surface area contributed by atoms with Gasteiger partial charge in [0.25, 0.3) is 11.8 Å². The summed E-state index contributed by atoms with van der Waals surface area (Å²) in [7, 11) is 0. The molecule has 0 aliphatic carbocycles. The van der Waals surface area contributed by atoms with Crippen molar-refractivity contribution in [1.29, 1.82) is 5.26 Å². The second-order valence-corrected chi connectivity index (χ2v) is 5.05. The van der Waals surface area contributed by atoms with Crippen molar-refractivity contribution >= 4 is 23.3 Å². The number of nitrogens with zero attached hydrogens (tertiary/aromatic N) is 2. The lowest BCUT2D eigenvalue weighted by Crippen LogP contribution is -2.30. The number of carbonyl (C=O) groups is 3. The Morgan fingerprint density at radius 1 is 1.13 bits per heavy atom. The Kier molecular flexibility index (Phi) is 3.19. The van der Waals surface area contributed by atoms with Crippen LogP contribution < -0.4 is 4.90 Å². The molecule has 0 unspecified atom stereocenters. The molecular formula is C17H10N2O4. The van der Waals surface area contributed by atoms with Gasteiger partial charge in [-0.25, -0.2) is 4.90 Å². The van der Waals surface area contributed by atoms with Crippen molar-refractivity contribution in [2.75, 3.05) is 4.90 Å². The zero-order chi connectivity index (χ0) is 16.7. The van der Waals surface area contributed by atoms with Crippen molar-refractivity contribution in [2.45, 2.75) is 6.92 Å². The van der Waals surface area contributed by atoms with E-state index in [0.29, 0.717) is 0 Å². The Morgan fingerprint density at radius 3 is 2.17 bits per heavy atom. The van der Waals surface area contributed by atoms with E-state index in [9.17, 15) is 24.8 Å². The number of phenolic OH excluding ortho intramolecular Hbond substituents is 1. The fourth-order valence-corrected chi connectivity index (χ4v) is 2.54. The Morgan fingerprint density at radius 2 is 1.70 bits per heavy atom. The van der Waals surface area contributed by atoms with Crippen LogP contribution in [0.15, 0.2) is 36.4 Å². The molecule has 0 spiro atoms. The van der Waals surface area contributed by atoms with E-state index in [0.717, 1.165) is 11.0 Å². The average Bonchev–Trinajstić information content (AvgIpc) is 2.78. The third-order valence-corrected chi connectivity index (χ3v) is 3.65. The van der Waals surface area contributed by atoms with Crippen molar-refractivity contribution in [3.63, 3.8) is 0 Å². The summed E-state index contributed by atoms with van der Waals surface area (Å²) in [5.74, 6) is -1.95. The molecule has 0 fully saturated rings. The summed E-state index contributed by atoms with van der Waals surface area (Å²) in [5.41, 5.74) is 0.346. The summed E-state index contributed by atoms with van der Waals surface area (Å²) in [6.07, 6.45) is 0. The number of fused-ring (bicyclic) bond motifs is 1. The number of carbonyl (C=O) groups excluding carboxylic acids is 3. The highest BCUT2D eigenvalue weighted by molar-refractivity contribution is 6.34. The SMILES string of the molecule is CC(=O)c1cc(C#N)c(N2C(=O)c3ccccc3C2=O)cc1O. The third kappa shape index (κ3) is 2.07. The van der Waals surface area contributed by atoms with Crippen LogP contribution in [0.3, 0.4) is 0 Å². The number of phenols is 1. The van der Waals surface area contributed by atoms with Crippen LogP contribution in [-0.4, -0.2) is 22.7 Å². The van der Waals surface area contributed by atoms with E-state index in [-0.39, 0.29) is 33.7 Å². The van der Waals surface area contributed by atoms with Gasteiger partial charge in [-0.05, 0) is 25.1 Å². The lowest BCUT2D eigenvalue weighted by Gasteiger charge is -2.16. The molecule has 0 aromatic heterocycles. The smallest absolute Gasteiger partial charge is 0.266 e. The summed E-state index contributed by atoms with van der Waals surface area (Å²) < 4.78 is 0. The summed E-state index contributed by atoms with van der Waals surface area (Å²) in [6.45, 7) is 1.25. The largest absolute Gasteiger partial charge is 0.507 e. The normalized spacial score (nSPS) is 13.0. The summed E-state index contributed by atoms with van der Waals surface area (Å²) in [5, 5.41) is 19.2. The Bertz CT molecular complexity index is 890. The molecule has 0 saturated carbocycles. The first kappa shape index (κ1) is 14.5. The highest BCUT2D eigenvalue weighted by Crippen LogP contribution is 2.34. The van der Waals surface area contributed by atoms with Crippen LogP contribution in [0.25, 0.3) is 0 Å². The fourth-order valence-electron chi connectivity index (χ4n) is 2.54. The molecule has 0 bridgehead atoms. The highest BCUT2D eigenvalue weighted by atomic mass is 16.3. The van der Waals surface area contributed by atoms with Gasteiger partial charge in [0.1, 0.15) is 11.8 Å². The Labute approximate surface area is 131 Å². The maximum absolute atomic E-state index is 12.5. The minimum Gasteiger partial charge on any atom is -0.507 e. The number of hydrogen-bond acceptors (Lipinski definition) is 5. The van der Waals surface area contributed by atoms with Crippen LogP contribution in [0.1, 0.15) is 43.6 Å². The lowest BCUT2D eigenvalue weighted by atomic mass is 10.0. The number of rotatable bonds is 2. The number of anilines is 1. The van der Waals surface area contributed by atoms with Gasteiger partial charge in [0.2, 0.25) is 0 Å². The number of aromatic hydroxyl groups is 1. The van der Waals surface area contributed by atoms with E-state index < -0.39 is 17.6 Å². The van der Waals surface area contributed by atoms with Gasteiger partial charge in [0, 0.05) is 6.07 Å². The van der Waals surface area contributed by atoms with Crippen LogP contribution in [0.5, 0.6) is 5.75 Å². The van der Waals surface area contributed by atoms with Crippen LogP contribution >= 0.6 is 0 Å².